The molecule has 0 aliphatic carbocycles. The zero-order chi connectivity index (χ0) is 26.9. The molecule has 2 aromatic heterocycles. The smallest absolute Gasteiger partial charge is 0.497 e. The van der Waals surface area contributed by atoms with Crippen molar-refractivity contribution in [2.24, 2.45) is 0 Å². The highest BCUT2D eigenvalue weighted by Crippen LogP contribution is 2.29. The maximum absolute atomic E-state index is 13.2. The SMILES string of the molecule is COc1ccc2[nH]cc(C(=O)N3CCC(n4cc(NC(=O)c5ccccc5OC(F)(F)F)cn4)CC3)c2c1. The van der Waals surface area contributed by atoms with Crippen molar-refractivity contribution in [3.8, 4) is 11.5 Å². The van der Waals surface area contributed by atoms with Crippen molar-refractivity contribution in [2.75, 3.05) is 25.5 Å². The van der Waals surface area contributed by atoms with Gasteiger partial charge in [0.1, 0.15) is 11.5 Å². The van der Waals surface area contributed by atoms with Crippen molar-refractivity contribution >= 4 is 28.4 Å². The van der Waals surface area contributed by atoms with Crippen molar-refractivity contribution < 1.29 is 32.2 Å². The number of fused-ring (bicyclic) bond motifs is 1. The Morgan fingerprint density at radius 2 is 1.87 bits per heavy atom. The molecule has 2 N–H and O–H groups in total. The van der Waals surface area contributed by atoms with Crippen LogP contribution in [0.15, 0.2) is 61.1 Å². The molecule has 5 rings (SSSR count). The van der Waals surface area contributed by atoms with Crippen LogP contribution in [0.1, 0.15) is 39.6 Å². The quantitative estimate of drug-likeness (QED) is 0.368. The number of ether oxygens (including phenoxy) is 2. The molecule has 1 aliphatic heterocycles. The van der Waals surface area contributed by atoms with Gasteiger partial charge < -0.3 is 24.7 Å². The van der Waals surface area contributed by atoms with Crippen LogP contribution in [0.5, 0.6) is 11.5 Å². The first-order valence-corrected chi connectivity index (χ1v) is 11.9. The number of amides is 2. The van der Waals surface area contributed by atoms with Crippen LogP contribution < -0.4 is 14.8 Å². The van der Waals surface area contributed by atoms with Gasteiger partial charge >= 0.3 is 6.36 Å². The first kappa shape index (κ1) is 25.2. The minimum Gasteiger partial charge on any atom is -0.497 e. The molecule has 3 heterocycles. The van der Waals surface area contributed by atoms with E-state index < -0.39 is 18.0 Å². The maximum atomic E-state index is 13.2. The lowest BCUT2D eigenvalue weighted by molar-refractivity contribution is -0.274. The van der Waals surface area contributed by atoms with Crippen LogP contribution in [-0.4, -0.2) is 58.0 Å². The second-order valence-corrected chi connectivity index (χ2v) is 8.84. The van der Waals surface area contributed by atoms with Crippen LogP contribution in [0.25, 0.3) is 10.9 Å². The van der Waals surface area contributed by atoms with Crippen molar-refractivity contribution in [1.82, 2.24) is 19.7 Å². The van der Waals surface area contributed by atoms with E-state index in [1.54, 1.807) is 29.1 Å². The molecule has 4 aromatic rings. The summed E-state index contributed by atoms with van der Waals surface area (Å²) in [5.74, 6) is -0.741. The van der Waals surface area contributed by atoms with Gasteiger partial charge in [-0.1, -0.05) is 12.1 Å². The molecule has 9 nitrogen and oxygen atoms in total. The van der Waals surface area contributed by atoms with Gasteiger partial charge in [-0.2, -0.15) is 5.10 Å². The Kier molecular flexibility index (Phi) is 6.70. The zero-order valence-corrected chi connectivity index (χ0v) is 20.3. The summed E-state index contributed by atoms with van der Waals surface area (Å²) >= 11 is 0. The molecule has 2 amide bonds. The third-order valence-corrected chi connectivity index (χ3v) is 6.46. The van der Waals surface area contributed by atoms with Gasteiger partial charge in [-0.05, 0) is 43.2 Å². The average molecular weight is 528 g/mol. The lowest BCUT2D eigenvalue weighted by atomic mass is 10.0. The maximum Gasteiger partial charge on any atom is 0.573 e. The van der Waals surface area contributed by atoms with Crippen LogP contribution >= 0.6 is 0 Å². The Morgan fingerprint density at radius 1 is 1.11 bits per heavy atom. The normalized spacial score (nSPS) is 14.5. The summed E-state index contributed by atoms with van der Waals surface area (Å²) in [6, 6.07) is 10.6. The van der Waals surface area contributed by atoms with Crippen molar-refractivity contribution in [3.05, 3.63) is 72.2 Å². The Balaban J connectivity index is 1.21. The van der Waals surface area contributed by atoms with Crippen LogP contribution in [0, 0.1) is 0 Å². The molecule has 38 heavy (non-hydrogen) atoms. The van der Waals surface area contributed by atoms with Gasteiger partial charge in [-0.15, -0.1) is 13.2 Å². The molecule has 0 radical (unpaired) electrons. The van der Waals surface area contributed by atoms with Crippen LogP contribution in [0.3, 0.4) is 0 Å². The van der Waals surface area contributed by atoms with E-state index in [4.69, 9.17) is 4.74 Å². The Labute approximate surface area is 215 Å². The van der Waals surface area contributed by atoms with E-state index in [0.717, 1.165) is 17.0 Å². The first-order chi connectivity index (χ1) is 18.2. The van der Waals surface area contributed by atoms with Crippen molar-refractivity contribution in [2.45, 2.75) is 25.2 Å². The van der Waals surface area contributed by atoms with E-state index in [2.05, 4.69) is 20.1 Å². The van der Waals surface area contributed by atoms with Crippen molar-refractivity contribution in [1.29, 1.82) is 0 Å². The third kappa shape index (κ3) is 5.29. The van der Waals surface area contributed by atoms with Gasteiger partial charge in [0.15, 0.2) is 0 Å². The third-order valence-electron chi connectivity index (χ3n) is 6.46. The minimum atomic E-state index is -4.92. The molecule has 198 valence electrons. The number of para-hydroxylation sites is 1. The van der Waals surface area contributed by atoms with E-state index >= 15 is 0 Å². The lowest BCUT2D eigenvalue weighted by Gasteiger charge is -2.32. The number of likely N-dealkylation sites (tertiary alicyclic amines) is 1. The highest BCUT2D eigenvalue weighted by Gasteiger charge is 2.33. The highest BCUT2D eigenvalue weighted by molar-refractivity contribution is 6.07. The number of nitrogens with one attached hydrogen (secondary N) is 2. The Bertz CT molecular complexity index is 1470. The largest absolute Gasteiger partial charge is 0.573 e. The molecular weight excluding hydrogens is 503 g/mol. The number of H-pyrrole nitrogens is 1. The summed E-state index contributed by atoms with van der Waals surface area (Å²) in [5.41, 5.74) is 1.52. The fraction of sp³-hybridized carbons (Fsp3) is 0.269. The predicted octanol–water partition coefficient (Wildman–Crippen LogP) is 5.00. The molecule has 1 aliphatic rings. The van der Waals surface area contributed by atoms with E-state index in [0.29, 0.717) is 42.9 Å². The van der Waals surface area contributed by atoms with Gasteiger partial charge in [0.25, 0.3) is 11.8 Å². The number of carbonyl (C=O) groups is 2. The van der Waals surface area contributed by atoms with Gasteiger partial charge in [-0.25, -0.2) is 0 Å². The van der Waals surface area contributed by atoms with Crippen LogP contribution in [-0.2, 0) is 0 Å². The lowest BCUT2D eigenvalue weighted by Crippen LogP contribution is -2.39. The second kappa shape index (κ2) is 10.1. The Hall–Kier alpha value is -4.48. The van der Waals surface area contributed by atoms with E-state index in [-0.39, 0.29) is 17.5 Å². The predicted molar refractivity (Wildman–Crippen MR) is 132 cm³/mol. The molecule has 0 unspecified atom stereocenters. The molecule has 1 saturated heterocycles. The van der Waals surface area contributed by atoms with E-state index in [1.807, 2.05) is 18.2 Å². The number of hydrogen-bond acceptors (Lipinski definition) is 5. The number of anilines is 1. The van der Waals surface area contributed by atoms with Gasteiger partial charge in [-0.3, -0.25) is 14.3 Å². The van der Waals surface area contributed by atoms with Gasteiger partial charge in [0.05, 0.1) is 36.2 Å². The number of aromatic amines is 1. The zero-order valence-electron chi connectivity index (χ0n) is 20.3. The molecule has 0 spiro atoms. The molecule has 0 atom stereocenters. The summed E-state index contributed by atoms with van der Waals surface area (Å²) in [5, 5.41) is 7.68. The molecular formula is C26H24F3N5O4. The minimum absolute atomic E-state index is 0.00591. The fourth-order valence-corrected chi connectivity index (χ4v) is 4.58. The summed E-state index contributed by atoms with van der Waals surface area (Å²) < 4.78 is 49.0. The summed E-state index contributed by atoms with van der Waals surface area (Å²) in [4.78, 5) is 30.7. The number of piperidine rings is 1. The number of halogens is 3. The van der Waals surface area contributed by atoms with Crippen molar-refractivity contribution in [3.63, 3.8) is 0 Å². The highest BCUT2D eigenvalue weighted by atomic mass is 19.4. The molecule has 1 fully saturated rings. The van der Waals surface area contributed by atoms with E-state index in [1.165, 1.54) is 24.4 Å². The number of carbonyl (C=O) groups excluding carboxylic acids is 2. The Morgan fingerprint density at radius 3 is 2.61 bits per heavy atom. The fourth-order valence-electron chi connectivity index (χ4n) is 4.58. The molecule has 2 aromatic carbocycles. The van der Waals surface area contributed by atoms with Gasteiger partial charge in [0, 0.05) is 36.4 Å². The first-order valence-electron chi connectivity index (χ1n) is 11.9. The van der Waals surface area contributed by atoms with Crippen LogP contribution in [0.2, 0.25) is 0 Å². The molecule has 0 bridgehead atoms. The van der Waals surface area contributed by atoms with Crippen LogP contribution in [0.4, 0.5) is 18.9 Å². The number of benzene rings is 2. The summed E-state index contributed by atoms with van der Waals surface area (Å²) in [6.07, 6.45) is 1.14. The topological polar surface area (TPSA) is 101 Å². The molecule has 12 heteroatoms. The number of alkyl halides is 3. The monoisotopic (exact) mass is 527 g/mol. The second-order valence-electron chi connectivity index (χ2n) is 8.84. The number of nitrogens with zero attached hydrogens (tertiary/aromatic N) is 3. The standard InChI is InChI=1S/C26H24F3N5O4/c1-37-18-6-7-22-20(12-18)21(14-30-22)25(36)33-10-8-17(9-11-33)34-15-16(13-31-34)32-24(35)19-4-2-3-5-23(19)38-26(27,28)29/h2-7,12-15,17,30H,8-11H2,1H3,(H,32,35). The van der Waals surface area contributed by atoms with Gasteiger partial charge in [0.2, 0.25) is 0 Å². The molecule has 0 saturated carbocycles. The number of rotatable bonds is 6. The average Bonchev–Trinajstić information content (AvgIpc) is 3.54. The number of methoxy groups -OCH3 is 1. The van der Waals surface area contributed by atoms with E-state index in [9.17, 15) is 22.8 Å². The summed E-state index contributed by atoms with van der Waals surface area (Å²) in [7, 11) is 1.58. The summed E-state index contributed by atoms with van der Waals surface area (Å²) in [6.45, 7) is 1.04. The number of aromatic nitrogens is 3. The number of hydrogen-bond donors (Lipinski definition) is 2.